The Morgan fingerprint density at radius 1 is 0.558 bits per heavy atom. The van der Waals surface area contributed by atoms with Gasteiger partial charge in [-0.2, -0.15) is 0 Å². The number of nitrogens with one attached hydrogen (secondary N) is 2. The monoisotopic (exact) mass is 738 g/mol. The van der Waals surface area contributed by atoms with Crippen molar-refractivity contribution < 1.29 is 28.7 Å². The molecule has 0 aliphatic heterocycles. The number of guanidine groups is 1. The lowest BCUT2D eigenvalue weighted by Gasteiger charge is -2.18. The van der Waals surface area contributed by atoms with E-state index in [0.29, 0.717) is 32.6 Å². The average Bonchev–Trinajstić information content (AvgIpc) is 3.12. The summed E-state index contributed by atoms with van der Waals surface area (Å²) in [6.07, 6.45) is 23.3. The lowest BCUT2D eigenvalue weighted by Crippen LogP contribution is -2.47. The average molecular weight is 738 g/mol. The van der Waals surface area contributed by atoms with Gasteiger partial charge in [0.1, 0.15) is 6.04 Å². The Bertz CT molecular complexity index is 943. The number of rotatable bonds is 36. The van der Waals surface area contributed by atoms with Crippen LogP contribution in [0.25, 0.3) is 0 Å². The third-order valence-electron chi connectivity index (χ3n) is 9.52. The van der Waals surface area contributed by atoms with Crippen LogP contribution in [0.15, 0.2) is 4.99 Å². The minimum Gasteiger partial charge on any atom is -0.465 e. The molecule has 52 heavy (non-hydrogen) atoms. The summed E-state index contributed by atoms with van der Waals surface area (Å²) in [6.45, 7) is 10.3. The summed E-state index contributed by atoms with van der Waals surface area (Å²) >= 11 is 0. The molecule has 3 unspecified atom stereocenters. The van der Waals surface area contributed by atoms with E-state index in [4.69, 9.17) is 20.9 Å². The number of nitrogens with two attached hydrogens (primary N) is 2. The predicted molar refractivity (Wildman–Crippen MR) is 213 cm³/mol. The quantitative estimate of drug-likeness (QED) is 0.0216. The normalized spacial score (nSPS) is 12.8. The van der Waals surface area contributed by atoms with Crippen molar-refractivity contribution in [3.8, 4) is 0 Å². The Morgan fingerprint density at radius 3 is 1.52 bits per heavy atom. The maximum absolute atomic E-state index is 12.9. The highest BCUT2D eigenvalue weighted by Crippen LogP contribution is 2.19. The van der Waals surface area contributed by atoms with E-state index in [-0.39, 0.29) is 48.1 Å². The summed E-state index contributed by atoms with van der Waals surface area (Å²) in [6, 6.07) is -0.699. The second-order valence-corrected chi connectivity index (χ2v) is 14.4. The minimum absolute atomic E-state index is 0.0235. The number of unbranched alkanes of at least 4 members (excludes halogenated alkanes) is 13. The number of hydrogen-bond donors (Lipinski definition) is 4. The Balaban J connectivity index is 4.25. The lowest BCUT2D eigenvalue weighted by molar-refractivity contribution is -0.150. The van der Waals surface area contributed by atoms with Crippen LogP contribution >= 0.6 is 0 Å². The van der Waals surface area contributed by atoms with Gasteiger partial charge in [0.15, 0.2) is 5.96 Å². The Labute approximate surface area is 317 Å². The highest BCUT2D eigenvalue weighted by atomic mass is 16.5. The Morgan fingerprint density at radius 2 is 1.04 bits per heavy atom. The number of aliphatic imine (C=N–C) groups is 1. The maximum atomic E-state index is 12.9. The molecule has 0 saturated heterocycles. The number of esters is 2. The predicted octanol–water partition coefficient (Wildman–Crippen LogP) is 8.01. The van der Waals surface area contributed by atoms with E-state index < -0.39 is 6.04 Å². The standard InChI is InChI=1S/C41H79N5O6/c1-5-9-18-26-34(24-7-3)39(49)51-32-22-16-12-11-15-21-30-44-38(48)36(29-31-45-41(42)43)46-37(47)28-20-14-13-17-23-33-52-40(50)35(25-8-4)27-19-10-6-2/h34-36H,5-33H2,1-4H3,(H,44,48)(H,46,47)(H4,42,43,45). The molecule has 304 valence electrons. The van der Waals surface area contributed by atoms with E-state index in [1.54, 1.807) is 0 Å². The number of ether oxygens (including phenoxy) is 2. The smallest absolute Gasteiger partial charge is 0.308 e. The number of amides is 2. The first-order chi connectivity index (χ1) is 25.2. The number of hydrogen-bond acceptors (Lipinski definition) is 7. The van der Waals surface area contributed by atoms with E-state index in [1.807, 2.05) is 0 Å². The molecule has 0 aromatic rings. The Hall–Kier alpha value is -2.85. The summed E-state index contributed by atoms with van der Waals surface area (Å²) in [5.74, 6) is -0.446. The third kappa shape index (κ3) is 28.7. The molecular weight excluding hydrogens is 658 g/mol. The van der Waals surface area contributed by atoms with E-state index in [2.05, 4.69) is 43.3 Å². The molecule has 11 heteroatoms. The van der Waals surface area contributed by atoms with Crippen molar-refractivity contribution in [1.29, 1.82) is 0 Å². The molecule has 0 aliphatic carbocycles. The fraction of sp³-hybridized carbons (Fsp3) is 0.878. The molecule has 0 spiro atoms. The van der Waals surface area contributed by atoms with E-state index in [9.17, 15) is 19.2 Å². The lowest BCUT2D eigenvalue weighted by atomic mass is 9.97. The van der Waals surface area contributed by atoms with Gasteiger partial charge in [0.05, 0.1) is 25.0 Å². The molecule has 0 aromatic carbocycles. The molecule has 0 aromatic heterocycles. The van der Waals surface area contributed by atoms with Gasteiger partial charge in [0.2, 0.25) is 11.8 Å². The van der Waals surface area contributed by atoms with Gasteiger partial charge < -0.3 is 31.6 Å². The summed E-state index contributed by atoms with van der Waals surface area (Å²) in [7, 11) is 0. The molecule has 3 atom stereocenters. The fourth-order valence-electron chi connectivity index (χ4n) is 6.36. The van der Waals surface area contributed by atoms with Crippen molar-refractivity contribution >= 4 is 29.7 Å². The van der Waals surface area contributed by atoms with Crippen LogP contribution in [0.1, 0.15) is 188 Å². The van der Waals surface area contributed by atoms with Gasteiger partial charge >= 0.3 is 11.9 Å². The first-order valence-corrected chi connectivity index (χ1v) is 21.2. The van der Waals surface area contributed by atoms with Crippen LogP contribution in [0.2, 0.25) is 0 Å². The summed E-state index contributed by atoms with van der Waals surface area (Å²) in [5.41, 5.74) is 10.9. The highest BCUT2D eigenvalue weighted by molar-refractivity contribution is 5.87. The molecule has 0 radical (unpaired) electrons. The largest absolute Gasteiger partial charge is 0.465 e. The van der Waals surface area contributed by atoms with E-state index in [1.165, 1.54) is 0 Å². The molecule has 0 heterocycles. The first kappa shape index (κ1) is 49.1. The number of nitrogens with zero attached hydrogens (tertiary/aromatic N) is 1. The summed E-state index contributed by atoms with van der Waals surface area (Å²) < 4.78 is 11.1. The van der Waals surface area contributed by atoms with Crippen LogP contribution < -0.4 is 22.1 Å². The molecule has 2 amide bonds. The van der Waals surface area contributed by atoms with Gasteiger partial charge in [0.25, 0.3) is 0 Å². The topological polar surface area (TPSA) is 175 Å². The molecule has 0 fully saturated rings. The highest BCUT2D eigenvalue weighted by Gasteiger charge is 2.21. The van der Waals surface area contributed by atoms with Crippen molar-refractivity contribution in [2.75, 3.05) is 26.3 Å². The molecule has 11 nitrogen and oxygen atoms in total. The van der Waals surface area contributed by atoms with Crippen molar-refractivity contribution in [1.82, 2.24) is 10.6 Å². The summed E-state index contributed by atoms with van der Waals surface area (Å²) in [4.78, 5) is 54.5. The molecule has 0 bridgehead atoms. The minimum atomic E-state index is -0.699. The van der Waals surface area contributed by atoms with Crippen LogP contribution in [0.3, 0.4) is 0 Å². The maximum Gasteiger partial charge on any atom is 0.308 e. The van der Waals surface area contributed by atoms with Gasteiger partial charge in [-0.15, -0.1) is 0 Å². The fourth-order valence-corrected chi connectivity index (χ4v) is 6.36. The van der Waals surface area contributed by atoms with E-state index >= 15 is 0 Å². The van der Waals surface area contributed by atoms with Crippen LogP contribution in [0.5, 0.6) is 0 Å². The van der Waals surface area contributed by atoms with Crippen molar-refractivity contribution in [3.63, 3.8) is 0 Å². The zero-order chi connectivity index (χ0) is 38.7. The van der Waals surface area contributed by atoms with E-state index in [0.717, 1.165) is 148 Å². The van der Waals surface area contributed by atoms with Gasteiger partial charge in [0, 0.05) is 19.5 Å². The number of carbonyl (C=O) groups excluding carboxylic acids is 4. The van der Waals surface area contributed by atoms with Crippen LogP contribution in [0.4, 0.5) is 0 Å². The molecular formula is C41H79N5O6. The zero-order valence-electron chi connectivity index (χ0n) is 33.8. The number of carbonyl (C=O) groups is 4. The van der Waals surface area contributed by atoms with Crippen LogP contribution in [-0.4, -0.2) is 62.1 Å². The van der Waals surface area contributed by atoms with Crippen molar-refractivity contribution in [3.05, 3.63) is 0 Å². The second kappa shape index (κ2) is 35.2. The van der Waals surface area contributed by atoms with Crippen LogP contribution in [0, 0.1) is 11.8 Å². The SMILES string of the molecule is CCCCCC(CCC)C(=O)OCCCCCCCCNC(=O)C(CCN=C(N)N)NC(=O)CCCCCCCOC(=O)C(CCC)CCCCC. The molecule has 6 N–H and O–H groups in total. The van der Waals surface area contributed by atoms with Crippen molar-refractivity contribution in [2.24, 2.45) is 28.3 Å². The van der Waals surface area contributed by atoms with Gasteiger partial charge in [-0.05, 0) is 57.8 Å². The van der Waals surface area contributed by atoms with Gasteiger partial charge in [-0.1, -0.05) is 124 Å². The molecule has 0 aliphatic rings. The van der Waals surface area contributed by atoms with Gasteiger partial charge in [-0.3, -0.25) is 24.2 Å². The molecule has 0 rings (SSSR count). The third-order valence-corrected chi connectivity index (χ3v) is 9.52. The van der Waals surface area contributed by atoms with Crippen molar-refractivity contribution in [2.45, 2.75) is 194 Å². The Kier molecular flexibility index (Phi) is 33.3. The van der Waals surface area contributed by atoms with Gasteiger partial charge in [-0.25, -0.2) is 0 Å². The summed E-state index contributed by atoms with van der Waals surface area (Å²) in [5, 5.41) is 5.83. The zero-order valence-corrected chi connectivity index (χ0v) is 33.8. The molecule has 0 saturated carbocycles. The second-order valence-electron chi connectivity index (χ2n) is 14.4. The first-order valence-electron chi connectivity index (χ1n) is 21.2. The van der Waals surface area contributed by atoms with Crippen LogP contribution in [-0.2, 0) is 28.7 Å².